The number of carbonyl (C=O) groups excluding carboxylic acids is 1. The van der Waals surface area contributed by atoms with E-state index in [1.165, 1.54) is 27.1 Å². The molecule has 2 aromatic carbocycles. The molecule has 30 heavy (non-hydrogen) atoms. The molecule has 0 saturated carbocycles. The molecule has 156 valence electrons. The monoisotopic (exact) mass is 419 g/mol. The van der Waals surface area contributed by atoms with E-state index in [0.717, 1.165) is 30.4 Å². The molecule has 0 bridgehead atoms. The molecule has 3 rings (SSSR count). The Morgan fingerprint density at radius 3 is 2.47 bits per heavy atom. The van der Waals surface area contributed by atoms with E-state index in [2.05, 4.69) is 36.6 Å². The molecular weight excluding hydrogens is 390 g/mol. The minimum Gasteiger partial charge on any atom is -0.513 e. The van der Waals surface area contributed by atoms with Crippen LogP contribution in [0.1, 0.15) is 53.7 Å². The van der Waals surface area contributed by atoms with E-state index < -0.39 is 5.91 Å². The molecule has 0 unspecified atom stereocenters. The first-order valence-corrected chi connectivity index (χ1v) is 11.3. The number of aryl methyl sites for hydroxylation is 3. The number of allylic oxidation sites excluding steroid dienone is 2. The first-order chi connectivity index (χ1) is 14.4. The first-order valence-electron chi connectivity index (χ1n) is 10.4. The lowest BCUT2D eigenvalue weighted by Gasteiger charge is -2.13. The molecule has 0 saturated heterocycles. The number of hydrogen-bond donors (Lipinski definition) is 2. The molecule has 3 nitrogen and oxygen atoms in total. The molecule has 1 aromatic heterocycles. The van der Waals surface area contributed by atoms with Crippen LogP contribution < -0.4 is 5.73 Å². The van der Waals surface area contributed by atoms with E-state index in [1.807, 2.05) is 26.0 Å². The smallest absolute Gasteiger partial charge is 0.248 e. The minimum atomic E-state index is -0.417. The second kappa shape index (κ2) is 9.77. The first kappa shape index (κ1) is 21.8. The van der Waals surface area contributed by atoms with Crippen LogP contribution in [0.2, 0.25) is 0 Å². The van der Waals surface area contributed by atoms with Crippen molar-refractivity contribution in [3.63, 3.8) is 0 Å². The maximum Gasteiger partial charge on any atom is 0.248 e. The van der Waals surface area contributed by atoms with Crippen LogP contribution in [-0.4, -0.2) is 11.0 Å². The van der Waals surface area contributed by atoms with Crippen LogP contribution in [-0.2, 0) is 12.8 Å². The summed E-state index contributed by atoms with van der Waals surface area (Å²) in [7, 11) is 0. The van der Waals surface area contributed by atoms with Crippen molar-refractivity contribution in [1.82, 2.24) is 0 Å². The van der Waals surface area contributed by atoms with Crippen LogP contribution in [0.25, 0.3) is 21.6 Å². The third-order valence-corrected chi connectivity index (χ3v) is 6.46. The van der Waals surface area contributed by atoms with Gasteiger partial charge in [0.1, 0.15) is 0 Å². The van der Waals surface area contributed by atoms with Gasteiger partial charge in [-0.05, 0) is 78.1 Å². The Morgan fingerprint density at radius 2 is 1.87 bits per heavy atom. The average Bonchev–Trinajstić information content (AvgIpc) is 3.16. The molecule has 3 N–H and O–H groups in total. The van der Waals surface area contributed by atoms with Crippen molar-refractivity contribution in [1.29, 1.82) is 0 Å². The lowest BCUT2D eigenvalue weighted by molar-refractivity contribution is 0.1000. The van der Waals surface area contributed by atoms with Crippen molar-refractivity contribution in [3.8, 4) is 21.6 Å². The summed E-state index contributed by atoms with van der Waals surface area (Å²) in [6.45, 7) is 6.05. The topological polar surface area (TPSA) is 63.3 Å². The van der Waals surface area contributed by atoms with Crippen LogP contribution in [0, 0.1) is 6.92 Å². The Morgan fingerprint density at radius 1 is 1.13 bits per heavy atom. The van der Waals surface area contributed by atoms with Crippen LogP contribution in [0.5, 0.6) is 0 Å². The lowest BCUT2D eigenvalue weighted by atomic mass is 9.92. The highest BCUT2D eigenvalue weighted by Gasteiger charge is 2.18. The zero-order chi connectivity index (χ0) is 21.7. The second-order valence-electron chi connectivity index (χ2n) is 7.59. The average molecular weight is 420 g/mol. The molecule has 0 fully saturated rings. The Hall–Kier alpha value is -2.85. The number of carbonyl (C=O) groups is 1. The molecule has 1 amide bonds. The number of aliphatic hydroxyl groups is 1. The fourth-order valence-corrected chi connectivity index (χ4v) is 4.83. The van der Waals surface area contributed by atoms with Gasteiger partial charge in [-0.1, -0.05) is 43.7 Å². The third kappa shape index (κ3) is 4.82. The molecule has 0 radical (unpaired) electrons. The van der Waals surface area contributed by atoms with Crippen LogP contribution in [0.4, 0.5) is 0 Å². The number of rotatable bonds is 8. The van der Waals surface area contributed by atoms with Gasteiger partial charge in [-0.3, -0.25) is 4.79 Å². The molecule has 0 atom stereocenters. The molecule has 4 heteroatoms. The van der Waals surface area contributed by atoms with Crippen molar-refractivity contribution >= 4 is 17.2 Å². The maximum absolute atomic E-state index is 11.6. The Kier molecular flexibility index (Phi) is 7.11. The largest absolute Gasteiger partial charge is 0.513 e. The zero-order valence-corrected chi connectivity index (χ0v) is 18.7. The van der Waals surface area contributed by atoms with E-state index >= 15 is 0 Å². The number of benzene rings is 2. The van der Waals surface area contributed by atoms with Crippen molar-refractivity contribution < 1.29 is 9.90 Å². The highest BCUT2D eigenvalue weighted by atomic mass is 32.1. The highest BCUT2D eigenvalue weighted by Crippen LogP contribution is 2.42. The van der Waals surface area contributed by atoms with Crippen LogP contribution in [0.3, 0.4) is 0 Å². The van der Waals surface area contributed by atoms with Gasteiger partial charge in [0.15, 0.2) is 0 Å². The number of thiophene rings is 1. The molecule has 1 heterocycles. The summed E-state index contributed by atoms with van der Waals surface area (Å²) in [4.78, 5) is 12.8. The van der Waals surface area contributed by atoms with E-state index in [-0.39, 0.29) is 0 Å². The Labute approximate surface area is 182 Å². The summed E-state index contributed by atoms with van der Waals surface area (Å²) in [5.74, 6) is -0.0154. The lowest BCUT2D eigenvalue weighted by Crippen LogP contribution is -2.11. The van der Waals surface area contributed by atoms with E-state index in [4.69, 9.17) is 5.73 Å². The van der Waals surface area contributed by atoms with E-state index in [1.54, 1.807) is 23.5 Å². The van der Waals surface area contributed by atoms with Gasteiger partial charge in [-0.25, -0.2) is 0 Å². The van der Waals surface area contributed by atoms with Gasteiger partial charge in [-0.15, -0.1) is 11.3 Å². The van der Waals surface area contributed by atoms with E-state index in [9.17, 15) is 9.90 Å². The highest BCUT2D eigenvalue weighted by molar-refractivity contribution is 7.14. The predicted octanol–water partition coefficient (Wildman–Crippen LogP) is 6.84. The van der Waals surface area contributed by atoms with Gasteiger partial charge in [-0.2, -0.15) is 0 Å². The van der Waals surface area contributed by atoms with Crippen LogP contribution >= 0.6 is 11.3 Å². The molecule has 0 aliphatic carbocycles. The van der Waals surface area contributed by atoms with Gasteiger partial charge < -0.3 is 10.8 Å². The minimum absolute atomic E-state index is 0.401. The Balaban J connectivity index is 2.10. The van der Waals surface area contributed by atoms with E-state index in [0.29, 0.717) is 17.7 Å². The van der Waals surface area contributed by atoms with Crippen molar-refractivity contribution in [2.24, 2.45) is 5.73 Å². The fourth-order valence-electron chi connectivity index (χ4n) is 3.70. The van der Waals surface area contributed by atoms with Crippen molar-refractivity contribution in [3.05, 3.63) is 81.9 Å². The maximum atomic E-state index is 11.6. The second-order valence-corrected chi connectivity index (χ2v) is 8.47. The molecule has 0 spiro atoms. The summed E-state index contributed by atoms with van der Waals surface area (Å²) < 4.78 is 0. The van der Waals surface area contributed by atoms with Gasteiger partial charge in [0.05, 0.1) is 5.76 Å². The van der Waals surface area contributed by atoms with Crippen molar-refractivity contribution in [2.45, 2.75) is 46.5 Å². The number of hydrogen-bond acceptors (Lipinski definition) is 3. The molecule has 0 aliphatic heterocycles. The SMILES string of the molecule is CC=C(O)CCc1csc(-c2ccc(CCC)cc2)c1-c1ccc(C(N)=O)cc1C. The molecular formula is C26H29NO2S. The third-order valence-electron chi connectivity index (χ3n) is 5.39. The summed E-state index contributed by atoms with van der Waals surface area (Å²) in [5.41, 5.74) is 13.0. The van der Waals surface area contributed by atoms with Gasteiger partial charge >= 0.3 is 0 Å². The summed E-state index contributed by atoms with van der Waals surface area (Å²) in [6.07, 6.45) is 5.32. The standard InChI is InChI=1S/C26H29NO2S/c1-4-6-18-7-9-19(10-8-18)25-24(21(16-30-25)11-13-22(28)5-2)23-14-12-20(26(27)29)15-17(23)3/h5,7-10,12,14-16,28H,4,6,11,13H2,1-3H3,(H2,27,29). The molecule has 3 aromatic rings. The van der Waals surface area contributed by atoms with Gasteiger partial charge in [0.25, 0.3) is 0 Å². The van der Waals surface area contributed by atoms with Gasteiger partial charge in [0.2, 0.25) is 5.91 Å². The number of nitrogens with two attached hydrogens (primary N) is 1. The normalized spacial score (nSPS) is 11.6. The van der Waals surface area contributed by atoms with Gasteiger partial charge in [0, 0.05) is 22.4 Å². The summed E-state index contributed by atoms with van der Waals surface area (Å²) >= 11 is 1.73. The summed E-state index contributed by atoms with van der Waals surface area (Å²) in [5, 5.41) is 12.1. The predicted molar refractivity (Wildman–Crippen MR) is 127 cm³/mol. The van der Waals surface area contributed by atoms with Crippen molar-refractivity contribution in [2.75, 3.05) is 0 Å². The zero-order valence-electron chi connectivity index (χ0n) is 17.9. The number of aliphatic hydroxyl groups excluding tert-OH is 1. The Bertz CT molecular complexity index is 1060. The molecule has 0 aliphatic rings. The number of amides is 1. The number of primary amides is 1. The quantitative estimate of drug-likeness (QED) is 0.393. The summed E-state index contributed by atoms with van der Waals surface area (Å²) in [6, 6.07) is 14.4. The fraction of sp³-hybridized carbons (Fsp3) is 0.269. The van der Waals surface area contributed by atoms with Crippen LogP contribution in [0.15, 0.2) is 59.7 Å².